The number of fused-ring (bicyclic) bond motifs is 1. The van der Waals surface area contributed by atoms with E-state index in [9.17, 15) is 13.2 Å². The quantitative estimate of drug-likeness (QED) is 0.900. The zero-order chi connectivity index (χ0) is 17.3. The van der Waals surface area contributed by atoms with Crippen LogP contribution < -0.4 is 5.32 Å². The maximum absolute atomic E-state index is 12.5. The molecule has 1 aliphatic rings. The fourth-order valence-corrected chi connectivity index (χ4v) is 4.84. The molecular weight excluding hydrogens is 346 g/mol. The lowest BCUT2D eigenvalue weighted by Crippen LogP contribution is -2.43. The van der Waals surface area contributed by atoms with Gasteiger partial charge in [-0.1, -0.05) is 30.4 Å². The Morgan fingerprint density at radius 2 is 2.25 bits per heavy atom. The van der Waals surface area contributed by atoms with Crippen LogP contribution in [0.15, 0.2) is 18.2 Å². The predicted octanol–water partition coefficient (Wildman–Crippen LogP) is 2.47. The fourth-order valence-electron chi connectivity index (χ4n) is 3.01. The third-order valence-corrected chi connectivity index (χ3v) is 6.54. The van der Waals surface area contributed by atoms with Gasteiger partial charge in [-0.3, -0.25) is 4.79 Å². The van der Waals surface area contributed by atoms with Gasteiger partial charge in [0, 0.05) is 13.1 Å². The molecule has 2 heterocycles. The number of aryl methyl sites for hydroxylation is 1. The van der Waals surface area contributed by atoms with E-state index in [4.69, 9.17) is 0 Å². The first-order valence-electron chi connectivity index (χ1n) is 8.03. The molecule has 0 aliphatic carbocycles. The lowest BCUT2D eigenvalue weighted by molar-refractivity contribution is -0.120. The van der Waals surface area contributed by atoms with Gasteiger partial charge in [-0.2, -0.15) is 0 Å². The van der Waals surface area contributed by atoms with Crippen molar-refractivity contribution in [3.05, 3.63) is 23.8 Å². The summed E-state index contributed by atoms with van der Waals surface area (Å²) in [5.41, 5.74) is 2.09. The molecule has 130 valence electrons. The van der Waals surface area contributed by atoms with Gasteiger partial charge in [-0.15, -0.1) is 0 Å². The summed E-state index contributed by atoms with van der Waals surface area (Å²) in [6, 6.07) is 6.03. The Morgan fingerprint density at radius 3 is 2.96 bits per heavy atom. The predicted molar refractivity (Wildman–Crippen MR) is 96.8 cm³/mol. The van der Waals surface area contributed by atoms with Crippen LogP contribution >= 0.6 is 11.3 Å². The van der Waals surface area contributed by atoms with Crippen molar-refractivity contribution in [2.24, 2.45) is 5.92 Å². The first kappa shape index (κ1) is 17.3. The topological polar surface area (TPSA) is 79.4 Å². The molecule has 6 nitrogen and oxygen atoms in total. The highest BCUT2D eigenvalue weighted by Crippen LogP contribution is 2.29. The summed E-state index contributed by atoms with van der Waals surface area (Å²) in [5, 5.41) is 3.45. The number of amides is 1. The van der Waals surface area contributed by atoms with Crippen LogP contribution in [-0.4, -0.2) is 43.0 Å². The van der Waals surface area contributed by atoms with E-state index in [2.05, 4.69) is 17.2 Å². The molecule has 0 saturated carbocycles. The van der Waals surface area contributed by atoms with Crippen molar-refractivity contribution < 1.29 is 13.2 Å². The molecule has 0 spiro atoms. The van der Waals surface area contributed by atoms with Gasteiger partial charge in [0.1, 0.15) is 0 Å². The van der Waals surface area contributed by atoms with Gasteiger partial charge in [0.05, 0.1) is 22.4 Å². The molecule has 1 unspecified atom stereocenters. The number of thiazole rings is 1. The molecule has 1 aliphatic heterocycles. The average molecular weight is 367 g/mol. The smallest absolute Gasteiger partial charge is 0.230 e. The number of sulfonamides is 1. The second-order valence-electron chi connectivity index (χ2n) is 6.09. The Hall–Kier alpha value is -1.51. The van der Waals surface area contributed by atoms with E-state index in [-0.39, 0.29) is 18.4 Å². The molecule has 1 aromatic heterocycles. The molecule has 1 fully saturated rings. The van der Waals surface area contributed by atoms with E-state index in [1.165, 1.54) is 21.9 Å². The van der Waals surface area contributed by atoms with E-state index < -0.39 is 10.0 Å². The Bertz CT molecular complexity index is 861. The largest absolute Gasteiger partial charge is 0.302 e. The molecular formula is C16H21N3O3S2. The van der Waals surface area contributed by atoms with Crippen molar-refractivity contribution in [2.75, 3.05) is 24.7 Å². The number of aromatic nitrogens is 1. The van der Waals surface area contributed by atoms with Gasteiger partial charge in [0.15, 0.2) is 5.13 Å². The number of para-hydroxylation sites is 1. The standard InChI is InChI=1S/C16H21N3O3S2/c1-3-11-6-4-8-13-14(11)17-16(23-13)18-15(20)12-7-5-9-19(10-12)24(2,21)22/h4,6,8,12H,3,5,7,9-10H2,1-2H3,(H,17,18,20). The normalized spacial score (nSPS) is 19.5. The molecule has 1 saturated heterocycles. The van der Waals surface area contributed by atoms with Crippen molar-refractivity contribution in [1.29, 1.82) is 0 Å². The van der Waals surface area contributed by atoms with Crippen LogP contribution in [-0.2, 0) is 21.2 Å². The number of anilines is 1. The summed E-state index contributed by atoms with van der Waals surface area (Å²) in [7, 11) is -3.25. The Labute approximate surface area is 145 Å². The number of carbonyl (C=O) groups excluding carboxylic acids is 1. The second-order valence-corrected chi connectivity index (χ2v) is 9.10. The first-order chi connectivity index (χ1) is 11.4. The number of benzene rings is 1. The van der Waals surface area contributed by atoms with Crippen LogP contribution in [0, 0.1) is 5.92 Å². The minimum absolute atomic E-state index is 0.152. The number of carbonyl (C=O) groups is 1. The highest BCUT2D eigenvalue weighted by atomic mass is 32.2. The van der Waals surface area contributed by atoms with Crippen molar-refractivity contribution in [2.45, 2.75) is 26.2 Å². The van der Waals surface area contributed by atoms with Crippen LogP contribution in [0.4, 0.5) is 5.13 Å². The molecule has 1 amide bonds. The van der Waals surface area contributed by atoms with Crippen LogP contribution in [0.25, 0.3) is 10.2 Å². The number of rotatable bonds is 4. The van der Waals surface area contributed by atoms with Crippen LogP contribution in [0.3, 0.4) is 0 Å². The number of nitrogens with zero attached hydrogens (tertiary/aromatic N) is 2. The van der Waals surface area contributed by atoms with Crippen molar-refractivity contribution in [3.8, 4) is 0 Å². The monoisotopic (exact) mass is 367 g/mol. The molecule has 1 N–H and O–H groups in total. The fraction of sp³-hybridized carbons (Fsp3) is 0.500. The highest BCUT2D eigenvalue weighted by Gasteiger charge is 2.30. The minimum Gasteiger partial charge on any atom is -0.302 e. The van der Waals surface area contributed by atoms with Crippen molar-refractivity contribution in [3.63, 3.8) is 0 Å². The minimum atomic E-state index is -3.25. The third-order valence-electron chi connectivity index (χ3n) is 4.34. The van der Waals surface area contributed by atoms with Gasteiger partial charge in [-0.25, -0.2) is 17.7 Å². The molecule has 8 heteroatoms. The van der Waals surface area contributed by atoms with Crippen molar-refractivity contribution in [1.82, 2.24) is 9.29 Å². The van der Waals surface area contributed by atoms with Crippen molar-refractivity contribution >= 4 is 42.6 Å². The van der Waals surface area contributed by atoms with Crippen LogP contribution in [0.2, 0.25) is 0 Å². The number of hydrogen-bond acceptors (Lipinski definition) is 5. The summed E-state index contributed by atoms with van der Waals surface area (Å²) >= 11 is 1.45. The third kappa shape index (κ3) is 3.60. The maximum Gasteiger partial charge on any atom is 0.230 e. The zero-order valence-corrected chi connectivity index (χ0v) is 15.4. The Morgan fingerprint density at radius 1 is 1.46 bits per heavy atom. The molecule has 0 bridgehead atoms. The maximum atomic E-state index is 12.5. The van der Waals surface area contributed by atoms with Gasteiger partial charge in [0.25, 0.3) is 0 Å². The summed E-state index contributed by atoms with van der Waals surface area (Å²) in [5.74, 6) is -0.480. The molecule has 24 heavy (non-hydrogen) atoms. The van der Waals surface area contributed by atoms with Gasteiger partial charge >= 0.3 is 0 Å². The highest BCUT2D eigenvalue weighted by molar-refractivity contribution is 7.88. The van der Waals surface area contributed by atoms with E-state index in [0.717, 1.165) is 22.2 Å². The number of piperidine rings is 1. The summed E-state index contributed by atoms with van der Waals surface area (Å²) < 4.78 is 25.8. The molecule has 3 rings (SSSR count). The van der Waals surface area contributed by atoms with Gasteiger partial charge in [0.2, 0.25) is 15.9 Å². The lowest BCUT2D eigenvalue weighted by Gasteiger charge is -2.29. The van der Waals surface area contributed by atoms with E-state index in [0.29, 0.717) is 24.5 Å². The zero-order valence-electron chi connectivity index (χ0n) is 13.8. The Balaban J connectivity index is 1.75. The Kier molecular flexibility index (Phi) is 4.89. The second kappa shape index (κ2) is 6.78. The summed E-state index contributed by atoms with van der Waals surface area (Å²) in [6.07, 6.45) is 3.47. The molecule has 1 aromatic carbocycles. The van der Waals surface area contributed by atoms with E-state index >= 15 is 0 Å². The average Bonchev–Trinajstić information content (AvgIpc) is 2.96. The molecule has 2 aromatic rings. The summed E-state index contributed by atoms with van der Waals surface area (Å²) in [6.45, 7) is 2.81. The number of nitrogens with one attached hydrogen (secondary N) is 1. The van der Waals surface area contributed by atoms with E-state index in [1.54, 1.807) is 0 Å². The lowest BCUT2D eigenvalue weighted by atomic mass is 9.99. The van der Waals surface area contributed by atoms with Gasteiger partial charge in [-0.05, 0) is 30.9 Å². The van der Waals surface area contributed by atoms with E-state index in [1.807, 2.05) is 18.2 Å². The summed E-state index contributed by atoms with van der Waals surface area (Å²) in [4.78, 5) is 17.0. The van der Waals surface area contributed by atoms with Crippen LogP contribution in [0.1, 0.15) is 25.3 Å². The molecule has 1 atom stereocenters. The van der Waals surface area contributed by atoms with Crippen LogP contribution in [0.5, 0.6) is 0 Å². The SMILES string of the molecule is CCc1cccc2sc(NC(=O)C3CCCN(S(C)(=O)=O)C3)nc12. The number of hydrogen-bond donors (Lipinski definition) is 1. The first-order valence-corrected chi connectivity index (χ1v) is 10.7. The molecule has 0 radical (unpaired) electrons. The van der Waals surface area contributed by atoms with Gasteiger partial charge < -0.3 is 5.32 Å².